The first-order chi connectivity index (χ1) is 7.18. The standard InChI is InChI=1S/C14H14O/c1-10-8-11(2)13-6-4-5-7-14(13)15-9-12(10)3/h4-9H,2H2,1,3H3/b10-8-,12-9-. The Labute approximate surface area is 90.4 Å². The van der Waals surface area contributed by atoms with Crippen LogP contribution in [0.4, 0.5) is 0 Å². The number of benzene rings is 1. The molecule has 0 spiro atoms. The van der Waals surface area contributed by atoms with E-state index in [9.17, 15) is 0 Å². The maximum Gasteiger partial charge on any atom is 0.134 e. The van der Waals surface area contributed by atoms with Crippen LogP contribution in [0.1, 0.15) is 19.4 Å². The fraction of sp³-hybridized carbons (Fsp3) is 0.143. The highest BCUT2D eigenvalue weighted by Gasteiger charge is 2.08. The van der Waals surface area contributed by atoms with Gasteiger partial charge in [-0.3, -0.25) is 0 Å². The van der Waals surface area contributed by atoms with E-state index in [2.05, 4.69) is 19.6 Å². The monoisotopic (exact) mass is 198 g/mol. The predicted molar refractivity (Wildman–Crippen MR) is 63.6 cm³/mol. The summed E-state index contributed by atoms with van der Waals surface area (Å²) in [5.41, 5.74) is 4.37. The number of ether oxygens (including phenoxy) is 1. The molecular formula is C14H14O. The van der Waals surface area contributed by atoms with Crippen LogP contribution in [0.3, 0.4) is 0 Å². The molecule has 15 heavy (non-hydrogen) atoms. The van der Waals surface area contributed by atoms with Gasteiger partial charge in [0.15, 0.2) is 0 Å². The smallest absolute Gasteiger partial charge is 0.134 e. The van der Waals surface area contributed by atoms with Crippen LogP contribution in [-0.4, -0.2) is 0 Å². The molecule has 76 valence electrons. The molecule has 0 aromatic heterocycles. The van der Waals surface area contributed by atoms with E-state index in [1.165, 1.54) is 5.57 Å². The molecule has 0 radical (unpaired) electrons. The Kier molecular flexibility index (Phi) is 2.46. The number of hydrogen-bond donors (Lipinski definition) is 0. The Balaban J connectivity index is 2.56. The quantitative estimate of drug-likeness (QED) is 0.613. The summed E-state index contributed by atoms with van der Waals surface area (Å²) in [6.45, 7) is 8.16. The topological polar surface area (TPSA) is 9.23 Å². The van der Waals surface area contributed by atoms with Gasteiger partial charge in [-0.2, -0.15) is 0 Å². The normalized spacial score (nSPS) is 22.4. The molecular weight excluding hydrogens is 184 g/mol. The van der Waals surface area contributed by atoms with E-state index in [1.54, 1.807) is 6.26 Å². The van der Waals surface area contributed by atoms with Crippen molar-refractivity contribution in [3.8, 4) is 5.75 Å². The summed E-state index contributed by atoms with van der Waals surface area (Å²) in [6, 6.07) is 7.94. The predicted octanol–water partition coefficient (Wildman–Crippen LogP) is 3.94. The van der Waals surface area contributed by atoms with Gasteiger partial charge in [-0.1, -0.05) is 30.9 Å². The second kappa shape index (κ2) is 3.77. The number of allylic oxidation sites excluding steroid dienone is 4. The third-order valence-electron chi connectivity index (χ3n) is 2.61. The van der Waals surface area contributed by atoms with Crippen LogP contribution >= 0.6 is 0 Å². The fourth-order valence-corrected chi connectivity index (χ4v) is 1.53. The number of para-hydroxylation sites is 1. The van der Waals surface area contributed by atoms with Crippen molar-refractivity contribution in [3.05, 3.63) is 59.9 Å². The Morgan fingerprint density at radius 1 is 1.07 bits per heavy atom. The lowest BCUT2D eigenvalue weighted by molar-refractivity contribution is 0.474. The molecule has 1 aliphatic heterocycles. The molecule has 0 saturated heterocycles. The van der Waals surface area contributed by atoms with Gasteiger partial charge >= 0.3 is 0 Å². The van der Waals surface area contributed by atoms with E-state index in [1.807, 2.05) is 31.2 Å². The molecule has 1 nitrogen and oxygen atoms in total. The van der Waals surface area contributed by atoms with Crippen LogP contribution < -0.4 is 4.74 Å². The molecule has 1 heterocycles. The summed E-state index contributed by atoms with van der Waals surface area (Å²) < 4.78 is 5.62. The van der Waals surface area contributed by atoms with Gasteiger partial charge in [0, 0.05) is 5.56 Å². The Hall–Kier alpha value is -1.76. The van der Waals surface area contributed by atoms with Gasteiger partial charge in [-0.15, -0.1) is 0 Å². The van der Waals surface area contributed by atoms with Gasteiger partial charge < -0.3 is 4.74 Å². The molecule has 0 aliphatic carbocycles. The maximum atomic E-state index is 5.62. The SMILES string of the molecule is C=C1/C=C(C)\C(C)=C/Oc2ccccc21. The first-order valence-electron chi connectivity index (χ1n) is 4.99. The van der Waals surface area contributed by atoms with E-state index in [0.717, 1.165) is 22.5 Å². The molecule has 1 aromatic carbocycles. The molecule has 0 amide bonds. The molecule has 0 bridgehead atoms. The van der Waals surface area contributed by atoms with Crippen molar-refractivity contribution >= 4 is 5.57 Å². The third kappa shape index (κ3) is 1.86. The van der Waals surface area contributed by atoms with Crippen molar-refractivity contribution in [3.63, 3.8) is 0 Å². The van der Waals surface area contributed by atoms with Crippen molar-refractivity contribution in [2.45, 2.75) is 13.8 Å². The van der Waals surface area contributed by atoms with Crippen LogP contribution in [0.25, 0.3) is 5.57 Å². The minimum Gasteiger partial charge on any atom is -0.464 e. The second-order valence-corrected chi connectivity index (χ2v) is 3.77. The van der Waals surface area contributed by atoms with Crippen molar-refractivity contribution in [1.29, 1.82) is 0 Å². The average Bonchev–Trinajstić information content (AvgIpc) is 2.24. The first-order valence-corrected chi connectivity index (χ1v) is 4.99. The molecule has 0 unspecified atom stereocenters. The zero-order chi connectivity index (χ0) is 10.8. The van der Waals surface area contributed by atoms with Crippen LogP contribution in [0.15, 0.2) is 54.3 Å². The highest BCUT2D eigenvalue weighted by atomic mass is 16.5. The molecule has 0 N–H and O–H groups in total. The van der Waals surface area contributed by atoms with Gasteiger partial charge in [-0.05, 0) is 36.6 Å². The Morgan fingerprint density at radius 2 is 1.80 bits per heavy atom. The molecule has 0 saturated carbocycles. The van der Waals surface area contributed by atoms with Crippen LogP contribution in [0.5, 0.6) is 5.75 Å². The third-order valence-corrected chi connectivity index (χ3v) is 2.61. The summed E-state index contributed by atoms with van der Waals surface area (Å²) in [5, 5.41) is 0. The number of fused-ring (bicyclic) bond motifs is 1. The molecule has 2 rings (SSSR count). The second-order valence-electron chi connectivity index (χ2n) is 3.77. The summed E-state index contributed by atoms with van der Waals surface area (Å²) in [7, 11) is 0. The highest BCUT2D eigenvalue weighted by Crippen LogP contribution is 2.29. The van der Waals surface area contributed by atoms with E-state index in [-0.39, 0.29) is 0 Å². The van der Waals surface area contributed by atoms with Crippen LogP contribution in [0.2, 0.25) is 0 Å². The van der Waals surface area contributed by atoms with E-state index in [0.29, 0.717) is 0 Å². The molecule has 1 aromatic rings. The molecule has 0 fully saturated rings. The van der Waals surface area contributed by atoms with Crippen LogP contribution in [-0.2, 0) is 0 Å². The van der Waals surface area contributed by atoms with Gasteiger partial charge in [-0.25, -0.2) is 0 Å². The lowest BCUT2D eigenvalue weighted by Crippen LogP contribution is -1.95. The minimum atomic E-state index is 0.866. The van der Waals surface area contributed by atoms with Gasteiger partial charge in [0.25, 0.3) is 0 Å². The van der Waals surface area contributed by atoms with E-state index < -0.39 is 0 Å². The van der Waals surface area contributed by atoms with Gasteiger partial charge in [0.05, 0.1) is 6.26 Å². The molecule has 1 heteroatoms. The largest absolute Gasteiger partial charge is 0.464 e. The average molecular weight is 198 g/mol. The highest BCUT2D eigenvalue weighted by molar-refractivity contribution is 5.77. The fourth-order valence-electron chi connectivity index (χ4n) is 1.53. The van der Waals surface area contributed by atoms with E-state index in [4.69, 9.17) is 4.74 Å². The molecule has 1 aliphatic rings. The summed E-state index contributed by atoms with van der Waals surface area (Å²) in [4.78, 5) is 0. The summed E-state index contributed by atoms with van der Waals surface area (Å²) >= 11 is 0. The molecule has 0 atom stereocenters. The first kappa shape index (κ1) is 9.78. The summed E-state index contributed by atoms with van der Waals surface area (Å²) in [5.74, 6) is 0.866. The number of rotatable bonds is 0. The Bertz CT molecular complexity index is 464. The maximum absolute atomic E-state index is 5.62. The lowest BCUT2D eigenvalue weighted by atomic mass is 10.0. The minimum absolute atomic E-state index is 0.866. The van der Waals surface area contributed by atoms with Crippen molar-refractivity contribution in [1.82, 2.24) is 0 Å². The van der Waals surface area contributed by atoms with Gasteiger partial charge in [0.2, 0.25) is 0 Å². The number of hydrogen-bond acceptors (Lipinski definition) is 1. The summed E-state index contributed by atoms with van der Waals surface area (Å²) in [6.07, 6.45) is 3.88. The van der Waals surface area contributed by atoms with Gasteiger partial charge in [0.1, 0.15) is 5.75 Å². The van der Waals surface area contributed by atoms with Crippen molar-refractivity contribution in [2.75, 3.05) is 0 Å². The zero-order valence-corrected chi connectivity index (χ0v) is 9.08. The van der Waals surface area contributed by atoms with E-state index >= 15 is 0 Å². The van der Waals surface area contributed by atoms with Crippen molar-refractivity contribution in [2.24, 2.45) is 0 Å². The van der Waals surface area contributed by atoms with Crippen LogP contribution in [0, 0.1) is 0 Å². The zero-order valence-electron chi connectivity index (χ0n) is 9.08. The van der Waals surface area contributed by atoms with Crippen molar-refractivity contribution < 1.29 is 4.74 Å². The Morgan fingerprint density at radius 3 is 2.60 bits per heavy atom. The lowest BCUT2D eigenvalue weighted by Gasteiger charge is -2.13.